The van der Waals surface area contributed by atoms with E-state index in [0.717, 1.165) is 25.7 Å². The summed E-state index contributed by atoms with van der Waals surface area (Å²) in [7, 11) is 0. The minimum atomic E-state index is -1.75. The Morgan fingerprint density at radius 1 is 0.712 bits per heavy atom. The van der Waals surface area contributed by atoms with Crippen LogP contribution in [0.15, 0.2) is 11.6 Å². The number of carbonyl (C=O) groups excluding carboxylic acids is 2. The number of hydrogen-bond donors (Lipinski definition) is 11. The average Bonchev–Trinajstić information content (AvgIpc) is 3.63. The highest BCUT2D eigenvalue weighted by Gasteiger charge is 2.63. The molecule has 4 aliphatic carbocycles. The second-order valence-corrected chi connectivity index (χ2v) is 23.3. The molecule has 29 atom stereocenters. The quantitative estimate of drug-likeness (QED) is 0.0752. The van der Waals surface area contributed by atoms with Crippen LogP contribution in [0.5, 0.6) is 0 Å². The Labute approximate surface area is 424 Å². The summed E-state index contributed by atoms with van der Waals surface area (Å²) in [6.45, 7) is 8.73. The van der Waals surface area contributed by atoms with Crippen molar-refractivity contribution >= 4 is 11.6 Å². The molecule has 11 N–H and O–H groups in total. The Morgan fingerprint density at radius 2 is 1.37 bits per heavy atom. The van der Waals surface area contributed by atoms with Gasteiger partial charge in [-0.3, -0.25) is 9.59 Å². The predicted octanol–water partition coefficient (Wildman–Crippen LogP) is -1.91. The number of fused-ring (bicyclic) bond motifs is 6. The standard InChI is InChI=1S/C51H80O22/c1-20(18-66-46-39(61)37(59)35(57)30(16-52)69-46)6-9-28(54)21(2)33-29(55)15-27-25-8-7-23-14-24(10-12-50(23,4)26(25)11-13-51(27,33)5)68-49-45(73-47-40(62)36(58)34(56)22(3)67-47)42(64)44(31(17-53)70-49)72-48-41(63)38(60)43-32(71-48)19-65-43/h7,20-22,24-27,30-49,52-53,56-64H,6,8-19H2,1-5H3/t20-,21-,22?,24?,25-,26+,27+,30?,31?,32?,33+,34+,35-,36+,37+,38-,39?,40?,41?,42+,43+,44-,45?,46-,47+,48+,49-,50+,51+/m1/s1. The molecule has 0 spiro atoms. The number of rotatable bonds is 16. The molecule has 0 radical (unpaired) electrons. The summed E-state index contributed by atoms with van der Waals surface area (Å²) in [6, 6.07) is 0. The molecule has 5 aliphatic heterocycles. The van der Waals surface area contributed by atoms with Crippen LogP contribution < -0.4 is 0 Å². The normalized spacial score (nSPS) is 51.6. The number of hydrogen-bond acceptors (Lipinski definition) is 22. The molecule has 22 nitrogen and oxygen atoms in total. The molecule has 0 aromatic rings. The van der Waals surface area contributed by atoms with Crippen LogP contribution in [0.2, 0.25) is 0 Å². The monoisotopic (exact) mass is 1040 g/mol. The number of aliphatic hydroxyl groups excluding tert-OH is 11. The third-order valence-corrected chi connectivity index (χ3v) is 18.9. The first-order valence-electron chi connectivity index (χ1n) is 26.5. The van der Waals surface area contributed by atoms with Gasteiger partial charge in [-0.25, -0.2) is 0 Å². The first-order valence-corrected chi connectivity index (χ1v) is 26.5. The van der Waals surface area contributed by atoms with Crippen molar-refractivity contribution in [2.45, 2.75) is 221 Å². The third kappa shape index (κ3) is 10.3. The molecule has 0 aromatic carbocycles. The van der Waals surface area contributed by atoms with E-state index in [2.05, 4.69) is 19.9 Å². The van der Waals surface area contributed by atoms with Crippen LogP contribution in [0.1, 0.15) is 92.4 Å². The van der Waals surface area contributed by atoms with E-state index in [1.165, 1.54) is 12.5 Å². The molecular formula is C51H80O22. The van der Waals surface area contributed by atoms with E-state index in [-0.39, 0.29) is 65.7 Å². The van der Waals surface area contributed by atoms with Gasteiger partial charge in [0.15, 0.2) is 25.2 Å². The zero-order valence-electron chi connectivity index (χ0n) is 42.3. The number of carbonyl (C=O) groups is 2. The molecule has 5 saturated heterocycles. The van der Waals surface area contributed by atoms with Gasteiger partial charge in [0.2, 0.25) is 0 Å². The zero-order chi connectivity index (χ0) is 52.6. The van der Waals surface area contributed by atoms with Crippen LogP contribution in [-0.2, 0) is 52.2 Å². The highest BCUT2D eigenvalue weighted by Crippen LogP contribution is 2.66. The SMILES string of the molecule is CC1O[C@@H](OC2[C@H](OC3CC[C@@]4(C)C(=CC[C@H]5[C@@H]6CC(=O)[C@H]([C@H](C)C(=O)CC[C@@H](C)CO[C@@H]7OC(CO)[C@@H](O)[C@H](O)C7O)[C@@]6(C)CC[C@@H]54)C3)OC(CO)[C@@H](O[C@@H]3OC4CO[C@@H]4[C@H](O)C3O)[C@@H]2O)C(O)[C@@H](O)[C@H]1O. The third-order valence-electron chi connectivity index (χ3n) is 18.9. The first kappa shape index (κ1) is 56.0. The lowest BCUT2D eigenvalue weighted by Gasteiger charge is -2.58. The highest BCUT2D eigenvalue weighted by atomic mass is 16.8. The van der Waals surface area contributed by atoms with Gasteiger partial charge < -0.3 is 98.8 Å². The molecule has 73 heavy (non-hydrogen) atoms. The number of ether oxygens (including phenoxy) is 9. The van der Waals surface area contributed by atoms with Gasteiger partial charge in [0.05, 0.1) is 38.6 Å². The van der Waals surface area contributed by atoms with Gasteiger partial charge in [0.1, 0.15) is 103 Å². The summed E-state index contributed by atoms with van der Waals surface area (Å²) in [5, 5.41) is 116. The molecule has 416 valence electrons. The second kappa shape index (κ2) is 22.2. The van der Waals surface area contributed by atoms with Crippen molar-refractivity contribution in [2.24, 2.45) is 46.3 Å². The topological polar surface area (TPSA) is 340 Å². The van der Waals surface area contributed by atoms with Crippen LogP contribution >= 0.6 is 0 Å². The number of allylic oxidation sites excluding steroid dienone is 1. The minimum Gasteiger partial charge on any atom is -0.394 e. The van der Waals surface area contributed by atoms with E-state index >= 15 is 0 Å². The van der Waals surface area contributed by atoms with Crippen LogP contribution in [-0.4, -0.2) is 223 Å². The molecular weight excluding hydrogens is 965 g/mol. The Bertz CT molecular complexity index is 1960. The van der Waals surface area contributed by atoms with Gasteiger partial charge in [0, 0.05) is 24.7 Å². The van der Waals surface area contributed by atoms with Gasteiger partial charge >= 0.3 is 0 Å². The van der Waals surface area contributed by atoms with Crippen LogP contribution in [0, 0.1) is 46.3 Å². The number of Topliss-reactive ketones (excluding diaryl/α,β-unsaturated/α-hetero) is 2. The van der Waals surface area contributed by atoms with Crippen LogP contribution in [0.3, 0.4) is 0 Å². The largest absolute Gasteiger partial charge is 0.394 e. The Kier molecular flexibility index (Phi) is 17.0. The predicted molar refractivity (Wildman–Crippen MR) is 247 cm³/mol. The van der Waals surface area contributed by atoms with E-state index in [9.17, 15) is 65.8 Å². The van der Waals surface area contributed by atoms with Crippen LogP contribution in [0.25, 0.3) is 0 Å². The van der Waals surface area contributed by atoms with E-state index in [0.29, 0.717) is 25.7 Å². The average molecular weight is 1050 g/mol. The molecule has 9 aliphatic rings. The van der Waals surface area contributed by atoms with Crippen molar-refractivity contribution < 1.29 is 108 Å². The molecule has 9 rings (SSSR count). The van der Waals surface area contributed by atoms with Gasteiger partial charge in [0.25, 0.3) is 0 Å². The molecule has 0 aromatic heterocycles. The van der Waals surface area contributed by atoms with Crippen molar-refractivity contribution in [1.82, 2.24) is 0 Å². The fourth-order valence-corrected chi connectivity index (χ4v) is 14.3. The molecule has 8 fully saturated rings. The summed E-state index contributed by atoms with van der Waals surface area (Å²) in [5.74, 6) is -0.371. The fourth-order valence-electron chi connectivity index (χ4n) is 14.3. The lowest BCUT2D eigenvalue weighted by molar-refractivity contribution is -0.399. The first-order chi connectivity index (χ1) is 34.6. The van der Waals surface area contributed by atoms with Gasteiger partial charge in [-0.15, -0.1) is 0 Å². The Balaban J connectivity index is 0.842. The molecule has 9 unspecified atom stereocenters. The lowest BCUT2D eigenvalue weighted by atomic mass is 9.47. The second-order valence-electron chi connectivity index (χ2n) is 23.3. The van der Waals surface area contributed by atoms with Gasteiger partial charge in [-0.1, -0.05) is 39.3 Å². The van der Waals surface area contributed by atoms with E-state index in [1.807, 2.05) is 13.8 Å². The summed E-state index contributed by atoms with van der Waals surface area (Å²) >= 11 is 0. The maximum absolute atomic E-state index is 14.1. The van der Waals surface area contributed by atoms with E-state index in [4.69, 9.17) is 42.6 Å². The molecule has 22 heteroatoms. The molecule has 5 heterocycles. The van der Waals surface area contributed by atoms with Gasteiger partial charge in [-0.05, 0) is 86.4 Å². The maximum atomic E-state index is 14.1. The summed E-state index contributed by atoms with van der Waals surface area (Å²) in [5.41, 5.74) is 0.607. The minimum absolute atomic E-state index is 0.000974. The van der Waals surface area contributed by atoms with Crippen molar-refractivity contribution in [3.63, 3.8) is 0 Å². The van der Waals surface area contributed by atoms with Gasteiger partial charge in [-0.2, -0.15) is 0 Å². The highest BCUT2D eigenvalue weighted by molar-refractivity contribution is 5.92. The Hall–Kier alpha value is -1.72. The van der Waals surface area contributed by atoms with Crippen molar-refractivity contribution in [1.29, 1.82) is 0 Å². The van der Waals surface area contributed by atoms with Crippen molar-refractivity contribution in [3.05, 3.63) is 11.6 Å². The van der Waals surface area contributed by atoms with E-state index < -0.39 is 154 Å². The maximum Gasteiger partial charge on any atom is 0.187 e. The molecule has 0 amide bonds. The summed E-state index contributed by atoms with van der Waals surface area (Å²) < 4.78 is 53.4. The van der Waals surface area contributed by atoms with Crippen LogP contribution in [0.4, 0.5) is 0 Å². The number of ketones is 2. The fraction of sp³-hybridized carbons (Fsp3) is 0.922. The van der Waals surface area contributed by atoms with E-state index in [1.54, 1.807) is 0 Å². The van der Waals surface area contributed by atoms with Crippen molar-refractivity contribution in [3.8, 4) is 0 Å². The Morgan fingerprint density at radius 3 is 2.07 bits per heavy atom. The zero-order valence-corrected chi connectivity index (χ0v) is 42.3. The number of aliphatic hydroxyl groups is 11. The van der Waals surface area contributed by atoms with Crippen molar-refractivity contribution in [2.75, 3.05) is 26.4 Å². The molecule has 0 bridgehead atoms. The summed E-state index contributed by atoms with van der Waals surface area (Å²) in [4.78, 5) is 28.0. The molecule has 3 saturated carbocycles. The lowest BCUT2D eigenvalue weighted by Crippen LogP contribution is -2.69. The summed E-state index contributed by atoms with van der Waals surface area (Å²) in [6.07, 6.45) is -20.2. The smallest absolute Gasteiger partial charge is 0.187 e.